The SMILES string of the molecule is NC[C@@H]1CN(C(=O)CCc2cccc(F)c2F)C[C@H]1c1ccccc1. The van der Waals surface area contributed by atoms with Gasteiger partial charge in [0.05, 0.1) is 0 Å². The van der Waals surface area contributed by atoms with E-state index in [2.05, 4.69) is 12.1 Å². The molecule has 0 unspecified atom stereocenters. The predicted octanol–water partition coefficient (Wildman–Crippen LogP) is 3.10. The van der Waals surface area contributed by atoms with E-state index in [-0.39, 0.29) is 36.1 Å². The largest absolute Gasteiger partial charge is 0.342 e. The number of nitrogens with zero attached hydrogens (tertiary/aromatic N) is 1. The summed E-state index contributed by atoms with van der Waals surface area (Å²) in [6.07, 6.45) is 0.362. The Hall–Kier alpha value is -2.27. The maximum atomic E-state index is 13.7. The minimum atomic E-state index is -0.876. The number of benzene rings is 2. The van der Waals surface area contributed by atoms with Gasteiger partial charge in [-0.25, -0.2) is 8.78 Å². The number of halogens is 2. The zero-order valence-electron chi connectivity index (χ0n) is 14.0. The van der Waals surface area contributed by atoms with Crippen LogP contribution in [-0.2, 0) is 11.2 Å². The molecule has 2 N–H and O–H groups in total. The summed E-state index contributed by atoms with van der Waals surface area (Å²) in [4.78, 5) is 14.3. The number of hydrogen-bond acceptors (Lipinski definition) is 2. The van der Waals surface area contributed by atoms with Gasteiger partial charge in [-0.3, -0.25) is 4.79 Å². The first-order valence-corrected chi connectivity index (χ1v) is 8.55. The van der Waals surface area contributed by atoms with Crippen molar-refractivity contribution >= 4 is 5.91 Å². The number of carbonyl (C=O) groups excluding carboxylic acids is 1. The van der Waals surface area contributed by atoms with Gasteiger partial charge in [0.25, 0.3) is 0 Å². The van der Waals surface area contributed by atoms with Crippen molar-refractivity contribution in [1.82, 2.24) is 4.90 Å². The Morgan fingerprint density at radius 2 is 1.84 bits per heavy atom. The van der Waals surface area contributed by atoms with Crippen molar-refractivity contribution in [2.45, 2.75) is 18.8 Å². The highest BCUT2D eigenvalue weighted by atomic mass is 19.2. The van der Waals surface area contributed by atoms with Crippen LogP contribution in [0.3, 0.4) is 0 Å². The monoisotopic (exact) mass is 344 g/mol. The molecule has 0 spiro atoms. The fourth-order valence-corrected chi connectivity index (χ4v) is 3.53. The van der Waals surface area contributed by atoms with Crippen LogP contribution in [-0.4, -0.2) is 30.4 Å². The molecule has 1 fully saturated rings. The van der Waals surface area contributed by atoms with E-state index >= 15 is 0 Å². The molecule has 25 heavy (non-hydrogen) atoms. The molecule has 1 aliphatic rings. The molecular formula is C20H22F2N2O. The first-order chi connectivity index (χ1) is 12.1. The van der Waals surface area contributed by atoms with Crippen LogP contribution in [0.15, 0.2) is 48.5 Å². The van der Waals surface area contributed by atoms with Gasteiger partial charge in [-0.15, -0.1) is 0 Å². The molecule has 2 aromatic carbocycles. The third kappa shape index (κ3) is 3.87. The number of rotatable bonds is 5. The van der Waals surface area contributed by atoms with Crippen LogP contribution in [0.25, 0.3) is 0 Å². The lowest BCUT2D eigenvalue weighted by atomic mass is 9.89. The molecule has 1 saturated heterocycles. The van der Waals surface area contributed by atoms with Gasteiger partial charge >= 0.3 is 0 Å². The molecule has 1 amide bonds. The van der Waals surface area contributed by atoms with Crippen molar-refractivity contribution in [3.63, 3.8) is 0 Å². The molecule has 0 saturated carbocycles. The van der Waals surface area contributed by atoms with E-state index in [4.69, 9.17) is 5.73 Å². The number of likely N-dealkylation sites (tertiary alicyclic amines) is 1. The maximum Gasteiger partial charge on any atom is 0.222 e. The minimum Gasteiger partial charge on any atom is -0.342 e. The Morgan fingerprint density at radius 3 is 2.56 bits per heavy atom. The highest BCUT2D eigenvalue weighted by Gasteiger charge is 2.34. The predicted molar refractivity (Wildman–Crippen MR) is 93.0 cm³/mol. The summed E-state index contributed by atoms with van der Waals surface area (Å²) in [6, 6.07) is 14.1. The summed E-state index contributed by atoms with van der Waals surface area (Å²) in [6.45, 7) is 1.75. The summed E-state index contributed by atoms with van der Waals surface area (Å²) < 4.78 is 27.0. The second-order valence-corrected chi connectivity index (χ2v) is 6.52. The minimum absolute atomic E-state index is 0.0412. The second kappa shape index (κ2) is 7.74. The number of aryl methyl sites for hydroxylation is 1. The van der Waals surface area contributed by atoms with Gasteiger partial charge in [0.1, 0.15) is 0 Å². The number of hydrogen-bond donors (Lipinski definition) is 1. The van der Waals surface area contributed by atoms with Crippen molar-refractivity contribution in [1.29, 1.82) is 0 Å². The van der Waals surface area contributed by atoms with Gasteiger partial charge in [-0.2, -0.15) is 0 Å². The van der Waals surface area contributed by atoms with Gasteiger partial charge in [0, 0.05) is 25.4 Å². The maximum absolute atomic E-state index is 13.7. The van der Waals surface area contributed by atoms with Crippen molar-refractivity contribution < 1.29 is 13.6 Å². The van der Waals surface area contributed by atoms with Crippen LogP contribution >= 0.6 is 0 Å². The summed E-state index contributed by atoms with van der Waals surface area (Å²) in [5.74, 6) is -1.34. The van der Waals surface area contributed by atoms with E-state index in [1.165, 1.54) is 17.7 Å². The summed E-state index contributed by atoms with van der Waals surface area (Å²) in [7, 11) is 0. The fraction of sp³-hybridized carbons (Fsp3) is 0.350. The average Bonchev–Trinajstić information content (AvgIpc) is 3.08. The standard InChI is InChI=1S/C20H22F2N2O/c21-18-8-4-7-15(20(18)22)9-10-19(25)24-12-16(11-23)17(13-24)14-5-2-1-3-6-14/h1-8,16-17H,9-13,23H2/t16-,17+/m1/s1. The van der Waals surface area contributed by atoms with E-state index in [0.29, 0.717) is 19.6 Å². The molecule has 2 aromatic rings. The lowest BCUT2D eigenvalue weighted by Crippen LogP contribution is -2.30. The second-order valence-electron chi connectivity index (χ2n) is 6.52. The molecule has 5 heteroatoms. The molecule has 1 aliphatic heterocycles. The quantitative estimate of drug-likeness (QED) is 0.906. The Labute approximate surface area is 146 Å². The van der Waals surface area contributed by atoms with Gasteiger partial charge in [-0.1, -0.05) is 42.5 Å². The summed E-state index contributed by atoms with van der Waals surface area (Å²) in [5, 5.41) is 0. The van der Waals surface area contributed by atoms with E-state index < -0.39 is 11.6 Å². The highest BCUT2D eigenvalue weighted by molar-refractivity contribution is 5.77. The average molecular weight is 344 g/mol. The molecule has 3 rings (SSSR count). The van der Waals surface area contributed by atoms with Gasteiger partial charge in [0.15, 0.2) is 11.6 Å². The van der Waals surface area contributed by atoms with Crippen LogP contribution in [0, 0.1) is 17.6 Å². The molecule has 0 bridgehead atoms. The van der Waals surface area contributed by atoms with E-state index in [1.54, 1.807) is 4.90 Å². The molecule has 0 radical (unpaired) electrons. The van der Waals surface area contributed by atoms with Crippen molar-refractivity contribution in [2.75, 3.05) is 19.6 Å². The van der Waals surface area contributed by atoms with Crippen LogP contribution < -0.4 is 5.73 Å². The molecule has 2 atom stereocenters. The zero-order chi connectivity index (χ0) is 17.8. The van der Waals surface area contributed by atoms with E-state index in [1.807, 2.05) is 18.2 Å². The van der Waals surface area contributed by atoms with Gasteiger partial charge in [-0.05, 0) is 36.1 Å². The molecule has 0 aromatic heterocycles. The number of nitrogens with two attached hydrogens (primary N) is 1. The van der Waals surface area contributed by atoms with Crippen molar-refractivity contribution in [2.24, 2.45) is 11.7 Å². The number of carbonyl (C=O) groups is 1. The van der Waals surface area contributed by atoms with Crippen LogP contribution in [0.1, 0.15) is 23.5 Å². The highest BCUT2D eigenvalue weighted by Crippen LogP contribution is 2.32. The molecule has 132 valence electrons. The Morgan fingerprint density at radius 1 is 1.08 bits per heavy atom. The first-order valence-electron chi connectivity index (χ1n) is 8.55. The van der Waals surface area contributed by atoms with Crippen LogP contribution in [0.5, 0.6) is 0 Å². The first kappa shape index (κ1) is 17.5. The molecule has 0 aliphatic carbocycles. The third-order valence-corrected chi connectivity index (χ3v) is 4.96. The third-order valence-electron chi connectivity index (χ3n) is 4.96. The van der Waals surface area contributed by atoms with E-state index in [0.717, 1.165) is 6.07 Å². The topological polar surface area (TPSA) is 46.3 Å². The molecule has 1 heterocycles. The Balaban J connectivity index is 1.64. The smallest absolute Gasteiger partial charge is 0.222 e. The van der Waals surface area contributed by atoms with E-state index in [9.17, 15) is 13.6 Å². The van der Waals surface area contributed by atoms with Crippen LogP contribution in [0.2, 0.25) is 0 Å². The summed E-state index contributed by atoms with van der Waals surface area (Å²) >= 11 is 0. The zero-order valence-corrected chi connectivity index (χ0v) is 14.0. The Kier molecular flexibility index (Phi) is 5.43. The lowest BCUT2D eigenvalue weighted by Gasteiger charge is -2.17. The number of amides is 1. The van der Waals surface area contributed by atoms with Crippen LogP contribution in [0.4, 0.5) is 8.78 Å². The van der Waals surface area contributed by atoms with Crippen molar-refractivity contribution in [3.8, 4) is 0 Å². The molecule has 3 nitrogen and oxygen atoms in total. The van der Waals surface area contributed by atoms with Crippen molar-refractivity contribution in [3.05, 3.63) is 71.3 Å². The van der Waals surface area contributed by atoms with Gasteiger partial charge in [0.2, 0.25) is 5.91 Å². The molecular weight excluding hydrogens is 322 g/mol. The summed E-state index contributed by atoms with van der Waals surface area (Å²) in [5.41, 5.74) is 7.32. The Bertz CT molecular complexity index is 736. The lowest BCUT2D eigenvalue weighted by molar-refractivity contribution is -0.130. The normalized spacial score (nSPS) is 20.0. The van der Waals surface area contributed by atoms with Gasteiger partial charge < -0.3 is 10.6 Å². The fourth-order valence-electron chi connectivity index (χ4n) is 3.53.